The molecular formula is C29H28BrClN6O. The molecule has 7 nitrogen and oxygen atoms in total. The van der Waals surface area contributed by atoms with Gasteiger partial charge in [0.2, 0.25) is 0 Å². The van der Waals surface area contributed by atoms with Gasteiger partial charge in [-0.15, -0.1) is 0 Å². The Hall–Kier alpha value is -3.88. The van der Waals surface area contributed by atoms with E-state index in [2.05, 4.69) is 62.9 Å². The summed E-state index contributed by atoms with van der Waals surface area (Å²) in [6, 6.07) is 27.3. The molecule has 194 valence electrons. The number of nitrogens with two attached hydrogens (primary N) is 1. The lowest BCUT2D eigenvalue weighted by Gasteiger charge is -2.12. The number of nitrogens with one attached hydrogen (secondary N) is 2. The van der Waals surface area contributed by atoms with Gasteiger partial charge in [-0.1, -0.05) is 91.3 Å². The normalized spacial score (nSPS) is 10.5. The van der Waals surface area contributed by atoms with Gasteiger partial charge in [0.1, 0.15) is 5.82 Å². The zero-order valence-electron chi connectivity index (χ0n) is 20.9. The van der Waals surface area contributed by atoms with Crippen LogP contribution in [-0.2, 0) is 19.5 Å². The van der Waals surface area contributed by atoms with Crippen LogP contribution in [0.3, 0.4) is 0 Å². The molecule has 2 heterocycles. The highest BCUT2D eigenvalue weighted by molar-refractivity contribution is 9.10. The number of halogens is 2. The van der Waals surface area contributed by atoms with Gasteiger partial charge in [-0.25, -0.2) is 9.78 Å². The Kier molecular flexibility index (Phi) is 9.35. The van der Waals surface area contributed by atoms with Gasteiger partial charge < -0.3 is 16.4 Å². The number of nitrogens with zero attached hydrogens (tertiary/aromatic N) is 3. The number of fused-ring (bicyclic) bond motifs is 1. The zero-order chi connectivity index (χ0) is 26.9. The van der Waals surface area contributed by atoms with Crippen molar-refractivity contribution in [3.8, 4) is 11.3 Å². The SMILES string of the molecule is CCc1ccccc1.NC(=O)NCc1ccc(CNc2cc(-c3ccccc3Cl)nc3c(Br)cnn23)cc1. The van der Waals surface area contributed by atoms with Crippen LogP contribution in [0.25, 0.3) is 16.9 Å². The first-order valence-corrected chi connectivity index (χ1v) is 13.3. The van der Waals surface area contributed by atoms with E-state index in [4.69, 9.17) is 22.3 Å². The fourth-order valence-corrected chi connectivity index (χ4v) is 4.32. The van der Waals surface area contributed by atoms with Crippen molar-refractivity contribution >= 4 is 45.0 Å². The average molecular weight is 592 g/mol. The number of benzene rings is 3. The number of hydrogen-bond acceptors (Lipinski definition) is 4. The second kappa shape index (κ2) is 13.1. The van der Waals surface area contributed by atoms with E-state index < -0.39 is 6.03 Å². The van der Waals surface area contributed by atoms with Gasteiger partial charge in [0.15, 0.2) is 5.65 Å². The van der Waals surface area contributed by atoms with Gasteiger partial charge in [-0.2, -0.15) is 9.61 Å². The largest absolute Gasteiger partial charge is 0.366 e. The average Bonchev–Trinajstić information content (AvgIpc) is 3.32. The lowest BCUT2D eigenvalue weighted by atomic mass is 10.1. The maximum atomic E-state index is 10.8. The number of urea groups is 1. The molecule has 0 spiro atoms. The molecule has 0 aliphatic heterocycles. The smallest absolute Gasteiger partial charge is 0.312 e. The fraction of sp³-hybridized carbons (Fsp3) is 0.138. The Morgan fingerprint density at radius 3 is 2.24 bits per heavy atom. The van der Waals surface area contributed by atoms with Crippen LogP contribution < -0.4 is 16.4 Å². The first-order valence-electron chi connectivity index (χ1n) is 12.1. The highest BCUT2D eigenvalue weighted by atomic mass is 79.9. The molecule has 0 saturated heterocycles. The summed E-state index contributed by atoms with van der Waals surface area (Å²) in [5.74, 6) is 0.792. The summed E-state index contributed by atoms with van der Waals surface area (Å²) >= 11 is 9.89. The molecule has 3 aromatic carbocycles. The van der Waals surface area contributed by atoms with Crippen molar-refractivity contribution in [3.63, 3.8) is 0 Å². The highest BCUT2D eigenvalue weighted by Crippen LogP contribution is 2.30. The van der Waals surface area contributed by atoms with Gasteiger partial charge in [0.05, 0.1) is 16.4 Å². The molecule has 0 atom stereocenters. The van der Waals surface area contributed by atoms with E-state index in [0.717, 1.165) is 39.1 Å². The Morgan fingerprint density at radius 1 is 0.947 bits per heavy atom. The summed E-state index contributed by atoms with van der Waals surface area (Å²) in [6.07, 6.45) is 2.85. The van der Waals surface area contributed by atoms with Crippen LogP contribution in [0.5, 0.6) is 0 Å². The van der Waals surface area contributed by atoms with Crippen molar-refractivity contribution in [2.75, 3.05) is 5.32 Å². The van der Waals surface area contributed by atoms with E-state index in [0.29, 0.717) is 23.8 Å². The maximum Gasteiger partial charge on any atom is 0.312 e. The third kappa shape index (κ3) is 7.12. The summed E-state index contributed by atoms with van der Waals surface area (Å²) < 4.78 is 2.54. The molecule has 0 aliphatic carbocycles. The van der Waals surface area contributed by atoms with Gasteiger partial charge in [-0.3, -0.25) is 0 Å². The minimum atomic E-state index is -0.540. The Labute approximate surface area is 235 Å². The van der Waals surface area contributed by atoms with Crippen LogP contribution in [0, 0.1) is 0 Å². The molecule has 2 amide bonds. The van der Waals surface area contributed by atoms with E-state index in [1.54, 1.807) is 10.7 Å². The summed E-state index contributed by atoms with van der Waals surface area (Å²) in [7, 11) is 0. The molecule has 4 N–H and O–H groups in total. The number of aryl methyl sites for hydroxylation is 1. The topological polar surface area (TPSA) is 97.3 Å². The van der Waals surface area contributed by atoms with Crippen molar-refractivity contribution in [2.45, 2.75) is 26.4 Å². The summed E-state index contributed by atoms with van der Waals surface area (Å²) in [5, 5.41) is 11.0. The molecule has 2 aromatic heterocycles. The lowest BCUT2D eigenvalue weighted by Crippen LogP contribution is -2.28. The molecular weight excluding hydrogens is 564 g/mol. The van der Waals surface area contributed by atoms with Crippen molar-refractivity contribution in [2.24, 2.45) is 5.73 Å². The third-order valence-electron chi connectivity index (χ3n) is 5.79. The minimum absolute atomic E-state index is 0.399. The second-order valence-electron chi connectivity index (χ2n) is 8.46. The van der Waals surface area contributed by atoms with Crippen molar-refractivity contribution in [1.82, 2.24) is 19.9 Å². The van der Waals surface area contributed by atoms with Crippen LogP contribution in [0.15, 0.2) is 95.6 Å². The van der Waals surface area contributed by atoms with Crippen LogP contribution >= 0.6 is 27.5 Å². The fourth-order valence-electron chi connectivity index (χ4n) is 3.74. The molecule has 9 heteroatoms. The van der Waals surface area contributed by atoms with Crippen LogP contribution in [0.1, 0.15) is 23.6 Å². The molecule has 5 rings (SSSR count). The molecule has 0 saturated carbocycles. The quantitative estimate of drug-likeness (QED) is 0.193. The van der Waals surface area contributed by atoms with E-state index in [1.165, 1.54) is 5.56 Å². The van der Waals surface area contributed by atoms with Crippen molar-refractivity contribution < 1.29 is 4.79 Å². The van der Waals surface area contributed by atoms with E-state index >= 15 is 0 Å². The zero-order valence-corrected chi connectivity index (χ0v) is 23.2. The molecule has 0 unspecified atom stereocenters. The number of primary amides is 1. The monoisotopic (exact) mass is 590 g/mol. The van der Waals surface area contributed by atoms with Crippen LogP contribution in [-0.4, -0.2) is 20.6 Å². The first-order chi connectivity index (χ1) is 18.4. The number of carbonyl (C=O) groups is 1. The van der Waals surface area contributed by atoms with Gasteiger partial charge in [-0.05, 0) is 45.1 Å². The van der Waals surface area contributed by atoms with E-state index in [9.17, 15) is 4.79 Å². The predicted molar refractivity (Wildman–Crippen MR) is 157 cm³/mol. The van der Waals surface area contributed by atoms with E-state index in [1.807, 2.05) is 60.7 Å². The Bertz CT molecular complexity index is 1510. The maximum absolute atomic E-state index is 10.8. The molecule has 0 bridgehead atoms. The first kappa shape index (κ1) is 27.2. The molecule has 5 aromatic rings. The number of aromatic nitrogens is 3. The van der Waals surface area contributed by atoms with Gasteiger partial charge >= 0.3 is 6.03 Å². The Balaban J connectivity index is 0.000000360. The minimum Gasteiger partial charge on any atom is -0.366 e. The number of rotatable bonds is 7. The number of hydrogen-bond donors (Lipinski definition) is 3. The lowest BCUT2D eigenvalue weighted by molar-refractivity contribution is 0.248. The third-order valence-corrected chi connectivity index (χ3v) is 6.68. The van der Waals surface area contributed by atoms with Crippen molar-refractivity contribution in [3.05, 3.63) is 117 Å². The molecule has 38 heavy (non-hydrogen) atoms. The summed E-state index contributed by atoms with van der Waals surface area (Å²) in [5.41, 5.74) is 10.9. The van der Waals surface area contributed by atoms with Gasteiger partial charge in [0, 0.05) is 29.7 Å². The van der Waals surface area contributed by atoms with Crippen molar-refractivity contribution in [1.29, 1.82) is 0 Å². The molecule has 0 aliphatic rings. The highest BCUT2D eigenvalue weighted by Gasteiger charge is 2.13. The number of anilines is 1. The summed E-state index contributed by atoms with van der Waals surface area (Å²) in [4.78, 5) is 15.5. The van der Waals surface area contributed by atoms with Gasteiger partial charge in [0.25, 0.3) is 0 Å². The molecule has 0 fully saturated rings. The number of carbonyl (C=O) groups excluding carboxylic acids is 1. The molecule has 0 radical (unpaired) electrons. The standard InChI is InChI=1S/C21H18BrClN6O.C8H10/c22-16-12-27-29-19(9-18(28-20(16)29)15-3-1-2-4-17(15)23)25-10-13-5-7-14(8-6-13)11-26-21(24)30;1-2-8-6-4-3-5-7-8/h1-9,12,25H,10-11H2,(H3,24,26,30);3-7H,2H2,1H3. The van der Waals surface area contributed by atoms with Crippen LogP contribution in [0.2, 0.25) is 5.02 Å². The second-order valence-corrected chi connectivity index (χ2v) is 9.72. The van der Waals surface area contributed by atoms with Crippen LogP contribution in [0.4, 0.5) is 10.6 Å². The predicted octanol–water partition coefficient (Wildman–Crippen LogP) is 6.84. The number of amides is 2. The summed E-state index contributed by atoms with van der Waals surface area (Å²) in [6.45, 7) is 3.15. The van der Waals surface area contributed by atoms with E-state index in [-0.39, 0.29) is 0 Å². The Morgan fingerprint density at radius 2 is 1.61 bits per heavy atom.